The number of phosphoric ester groups is 1. The lowest BCUT2D eigenvalue weighted by atomic mass is 9.85. The van der Waals surface area contributed by atoms with Crippen molar-refractivity contribution in [2.75, 3.05) is 0 Å². The number of H-pyrrole nitrogens is 1. The van der Waals surface area contributed by atoms with E-state index in [9.17, 15) is 30.1 Å². The molecule has 0 radical (unpaired) electrons. The van der Waals surface area contributed by atoms with Gasteiger partial charge in [0.1, 0.15) is 42.4 Å². The van der Waals surface area contributed by atoms with Gasteiger partial charge in [-0.25, -0.2) is 4.57 Å². The second kappa shape index (κ2) is 8.01. The van der Waals surface area contributed by atoms with Crippen molar-refractivity contribution in [3.05, 3.63) is 30.5 Å². The largest absolute Gasteiger partial charge is 0.506 e. The summed E-state index contributed by atoms with van der Waals surface area (Å²) in [6.07, 6.45) is -9.76. The lowest BCUT2D eigenvalue weighted by molar-refractivity contribution is -0.219. The second-order valence-corrected chi connectivity index (χ2v) is 6.93. The third-order valence-electron chi connectivity index (χ3n) is 3.90. The number of hydrogen-bond donors (Lipinski definition) is 9. The van der Waals surface area contributed by atoms with Gasteiger partial charge in [0, 0.05) is 17.1 Å². The van der Waals surface area contributed by atoms with Gasteiger partial charge in [-0.15, -0.1) is 0 Å². The molecule has 1 aliphatic rings. The molecule has 26 heavy (non-hydrogen) atoms. The molecule has 0 saturated heterocycles. The third-order valence-corrected chi connectivity index (χ3v) is 4.42. The molecule has 1 aromatic heterocycles. The van der Waals surface area contributed by atoms with Gasteiger partial charge in [-0.05, 0) is 12.1 Å². The first-order valence-electron chi connectivity index (χ1n) is 7.42. The average molecular weight is 393 g/mol. The van der Waals surface area contributed by atoms with Crippen LogP contribution < -0.4 is 0 Å². The predicted molar refractivity (Wildman–Crippen MR) is 86.9 cm³/mol. The number of benzene rings is 1. The number of aromatic amines is 1. The molecule has 2 unspecified atom stereocenters. The van der Waals surface area contributed by atoms with E-state index >= 15 is 0 Å². The average Bonchev–Trinajstić information content (AvgIpc) is 2.97. The summed E-state index contributed by atoms with van der Waals surface area (Å²) in [7, 11) is -5.01. The number of aliphatic hydroxyl groups is 5. The molecule has 1 fully saturated rings. The highest BCUT2D eigenvalue weighted by molar-refractivity contribution is 7.46. The van der Waals surface area contributed by atoms with Gasteiger partial charge in [0.25, 0.3) is 0 Å². The third kappa shape index (κ3) is 4.60. The Balaban J connectivity index is 0.000000206. The summed E-state index contributed by atoms with van der Waals surface area (Å²) >= 11 is 0. The quantitative estimate of drug-likeness (QED) is 0.261. The summed E-state index contributed by atoms with van der Waals surface area (Å²) < 4.78 is 14.5. The molecule has 3 rings (SSSR count). The van der Waals surface area contributed by atoms with Gasteiger partial charge < -0.3 is 45.4 Å². The molecule has 6 atom stereocenters. The molecule has 0 amide bonds. The zero-order valence-corrected chi connectivity index (χ0v) is 14.1. The Morgan fingerprint density at radius 3 is 1.88 bits per heavy atom. The molecule has 1 aliphatic carbocycles. The molecule has 11 nitrogen and oxygen atoms in total. The van der Waals surface area contributed by atoms with Crippen LogP contribution in [0.2, 0.25) is 0 Å². The summed E-state index contributed by atoms with van der Waals surface area (Å²) in [5, 5.41) is 56.2. The molecule has 0 spiro atoms. The summed E-state index contributed by atoms with van der Waals surface area (Å²) in [5.41, 5.74) is 0.972. The Kier molecular flexibility index (Phi) is 6.40. The molecule has 9 N–H and O–H groups in total. The van der Waals surface area contributed by atoms with E-state index in [0.717, 1.165) is 10.9 Å². The highest BCUT2D eigenvalue weighted by atomic mass is 31.2. The van der Waals surface area contributed by atoms with E-state index in [1.165, 1.54) is 0 Å². The molecule has 2 aromatic rings. The first-order valence-corrected chi connectivity index (χ1v) is 8.95. The fourth-order valence-electron chi connectivity index (χ4n) is 2.54. The highest BCUT2D eigenvalue weighted by Crippen LogP contribution is 2.41. The van der Waals surface area contributed by atoms with Crippen molar-refractivity contribution in [2.45, 2.75) is 36.6 Å². The van der Waals surface area contributed by atoms with Crippen LogP contribution in [-0.4, -0.2) is 82.0 Å². The van der Waals surface area contributed by atoms with E-state index in [2.05, 4.69) is 9.51 Å². The number of para-hydroxylation sites is 1. The van der Waals surface area contributed by atoms with Gasteiger partial charge in [-0.1, -0.05) is 12.1 Å². The normalized spacial score (nSPS) is 32.1. The van der Waals surface area contributed by atoms with Crippen LogP contribution in [0.15, 0.2) is 30.5 Å². The maximum atomic E-state index is 10.5. The molecule has 1 saturated carbocycles. The number of rotatable bonds is 2. The number of aliphatic hydroxyl groups excluding tert-OH is 5. The van der Waals surface area contributed by atoms with E-state index in [0.29, 0.717) is 5.75 Å². The van der Waals surface area contributed by atoms with E-state index in [4.69, 9.17) is 14.9 Å². The van der Waals surface area contributed by atoms with Gasteiger partial charge in [-0.2, -0.15) is 0 Å². The van der Waals surface area contributed by atoms with E-state index < -0.39 is 44.4 Å². The Hall–Kier alpha value is -1.53. The zero-order chi connectivity index (χ0) is 19.6. The van der Waals surface area contributed by atoms with Crippen molar-refractivity contribution in [3.8, 4) is 5.75 Å². The number of aromatic nitrogens is 1. The zero-order valence-electron chi connectivity index (χ0n) is 13.2. The molecule has 146 valence electrons. The number of aromatic hydroxyl groups is 1. The van der Waals surface area contributed by atoms with Crippen LogP contribution in [0.5, 0.6) is 5.75 Å². The van der Waals surface area contributed by atoms with Crippen LogP contribution in [0.1, 0.15) is 0 Å². The van der Waals surface area contributed by atoms with Crippen LogP contribution in [-0.2, 0) is 9.09 Å². The van der Waals surface area contributed by atoms with Gasteiger partial charge in [-0.3, -0.25) is 4.52 Å². The fourth-order valence-corrected chi connectivity index (χ4v) is 3.10. The highest BCUT2D eigenvalue weighted by Gasteiger charge is 2.50. The van der Waals surface area contributed by atoms with Crippen LogP contribution in [0.3, 0.4) is 0 Å². The van der Waals surface area contributed by atoms with Crippen LogP contribution in [0.4, 0.5) is 0 Å². The number of hydrogen-bond acceptors (Lipinski definition) is 8. The number of nitrogens with one attached hydrogen (secondary N) is 1. The van der Waals surface area contributed by atoms with Crippen LogP contribution in [0, 0.1) is 0 Å². The predicted octanol–water partition coefficient (Wildman–Crippen LogP) is -1.84. The van der Waals surface area contributed by atoms with Gasteiger partial charge in [0.05, 0.1) is 0 Å². The van der Waals surface area contributed by atoms with Crippen molar-refractivity contribution in [2.24, 2.45) is 0 Å². The maximum Gasteiger partial charge on any atom is 0.470 e. The minimum atomic E-state index is -5.01. The molecule has 1 aromatic carbocycles. The molecular formula is C14H20NO10P. The summed E-state index contributed by atoms with van der Waals surface area (Å²) in [6, 6.07) is 7.63. The standard InChI is InChI=1S/C8H7NO.C6H13O9P/c10-8-5-9-7-4-2-1-3-6(7)8;7-1-2(8)4(10)6(5(11)3(1)9)15-16(12,13)14/h1-5,9-10H;1-11H,(H2,12,13,14)/t;1?,2-,3+,4-,5-,6?/m.0/s1. The molecule has 0 aliphatic heterocycles. The van der Waals surface area contributed by atoms with Gasteiger partial charge >= 0.3 is 7.82 Å². The van der Waals surface area contributed by atoms with Crippen LogP contribution in [0.25, 0.3) is 10.9 Å². The molecule has 1 heterocycles. The van der Waals surface area contributed by atoms with E-state index in [-0.39, 0.29) is 0 Å². The first-order chi connectivity index (χ1) is 12.0. The van der Waals surface area contributed by atoms with Crippen LogP contribution >= 0.6 is 7.82 Å². The maximum absolute atomic E-state index is 10.5. The summed E-state index contributed by atoms with van der Waals surface area (Å²) in [5.74, 6) is 0.315. The lowest BCUT2D eigenvalue weighted by Crippen LogP contribution is -2.64. The van der Waals surface area contributed by atoms with E-state index in [1.54, 1.807) is 6.20 Å². The van der Waals surface area contributed by atoms with Crippen molar-refractivity contribution in [3.63, 3.8) is 0 Å². The lowest BCUT2D eigenvalue weighted by Gasteiger charge is -2.41. The Labute approximate surface area is 147 Å². The minimum Gasteiger partial charge on any atom is -0.506 e. The molecule has 12 heteroatoms. The van der Waals surface area contributed by atoms with Gasteiger partial charge in [0.15, 0.2) is 0 Å². The SMILES string of the molecule is O=P(O)(O)OC1[C@@H](O)[C@H](O)C(O)[C@H](O)[C@@H]1O.Oc1c[nH]c2ccccc12. The monoisotopic (exact) mass is 393 g/mol. The second-order valence-electron chi connectivity index (χ2n) is 5.73. The van der Waals surface area contributed by atoms with Crippen molar-refractivity contribution in [1.29, 1.82) is 0 Å². The molecule has 0 bridgehead atoms. The smallest absolute Gasteiger partial charge is 0.470 e. The van der Waals surface area contributed by atoms with E-state index in [1.807, 2.05) is 24.3 Å². The number of phosphoric acid groups is 1. The topological polar surface area (TPSA) is 204 Å². The van der Waals surface area contributed by atoms with Crippen molar-refractivity contribution in [1.82, 2.24) is 4.98 Å². The minimum absolute atomic E-state index is 0.315. The molecular weight excluding hydrogens is 373 g/mol. The van der Waals surface area contributed by atoms with Crippen molar-refractivity contribution < 1.29 is 49.5 Å². The first kappa shape index (κ1) is 20.8. The summed E-state index contributed by atoms with van der Waals surface area (Å²) in [6.45, 7) is 0. The summed E-state index contributed by atoms with van der Waals surface area (Å²) in [4.78, 5) is 19.9. The van der Waals surface area contributed by atoms with Gasteiger partial charge in [0.2, 0.25) is 0 Å². The number of fused-ring (bicyclic) bond motifs is 1. The fraction of sp³-hybridized carbons (Fsp3) is 0.429. The van der Waals surface area contributed by atoms with Crippen molar-refractivity contribution >= 4 is 18.7 Å². The Morgan fingerprint density at radius 2 is 1.38 bits per heavy atom. The Morgan fingerprint density at radius 1 is 0.885 bits per heavy atom. The Bertz CT molecular complexity index is 760.